The van der Waals surface area contributed by atoms with Crippen LogP contribution in [0.15, 0.2) is 0 Å². The fourth-order valence-corrected chi connectivity index (χ4v) is 1.21. The van der Waals surface area contributed by atoms with Crippen molar-refractivity contribution in [3.8, 4) is 0 Å². The molecule has 6 nitrogen and oxygen atoms in total. The van der Waals surface area contributed by atoms with E-state index in [1.807, 2.05) is 0 Å². The van der Waals surface area contributed by atoms with Crippen LogP contribution < -0.4 is 0 Å². The van der Waals surface area contributed by atoms with E-state index < -0.39 is 13.4 Å². The molecule has 0 atom stereocenters. The molecule has 0 bridgehead atoms. The van der Waals surface area contributed by atoms with Gasteiger partial charge in [0.2, 0.25) is 0 Å². The minimum atomic E-state index is -3.81. The van der Waals surface area contributed by atoms with E-state index >= 15 is 0 Å². The minimum absolute atomic E-state index is 0. The van der Waals surface area contributed by atoms with Crippen LogP contribution in [0, 0.1) is 13.8 Å². The first-order valence-corrected chi connectivity index (χ1v) is 13.3. The third-order valence-electron chi connectivity index (χ3n) is 2.21. The summed E-state index contributed by atoms with van der Waals surface area (Å²) in [4.78, 5) is 45.3. The number of hydrogen-bond acceptors (Lipinski definition) is 2. The number of unbranched alkanes of at least 4 members (excludes halogenated alkanes) is 8. The quantitative estimate of drug-likeness (QED) is 0.131. The minimum Gasteiger partial charge on any atom is -0.343 e. The second kappa shape index (κ2) is 27.9. The molecule has 152 valence electrons. The van der Waals surface area contributed by atoms with E-state index in [1.54, 1.807) is 0 Å². The fourth-order valence-electron chi connectivity index (χ4n) is 1.21. The van der Waals surface area contributed by atoms with Crippen LogP contribution in [0.25, 0.3) is 0 Å². The normalized spacial score (nSPS) is 10.0. The van der Waals surface area contributed by atoms with Crippen LogP contribution in [-0.2, 0) is 43.1 Å². The van der Waals surface area contributed by atoms with Crippen molar-refractivity contribution < 1.29 is 48.8 Å². The number of rotatable bonds is 8. The van der Waals surface area contributed by atoms with E-state index in [2.05, 4.69) is 51.3 Å². The average molecular weight is 492 g/mol. The zero-order chi connectivity index (χ0) is 20.1. The van der Waals surface area contributed by atoms with E-state index in [1.165, 1.54) is 51.4 Å². The predicted octanol–water partition coefficient (Wildman–Crippen LogP) is 3.95. The number of hydrogen-bond donors (Lipinski definition) is 6. The topological polar surface area (TPSA) is 121 Å². The molecule has 0 aliphatic rings. The molecule has 0 fully saturated rings. The van der Waals surface area contributed by atoms with E-state index in [4.69, 9.17) is 29.4 Å². The van der Waals surface area contributed by atoms with Crippen molar-refractivity contribution in [1.29, 1.82) is 0 Å². The van der Waals surface area contributed by atoms with Crippen LogP contribution in [0.5, 0.6) is 0 Å². The van der Waals surface area contributed by atoms with Gasteiger partial charge in [-0.2, -0.15) is 12.8 Å². The zero-order valence-corrected chi connectivity index (χ0v) is 22.0. The SMILES string of the molecule is OP(O)(O)=S.OP(O)(O)=S.[CH2-]CCCCCC.[CH2-]CCCCCC.[Zn+2]. The molecule has 0 spiro atoms. The van der Waals surface area contributed by atoms with Crippen molar-refractivity contribution in [1.82, 2.24) is 0 Å². The van der Waals surface area contributed by atoms with Gasteiger partial charge in [0.05, 0.1) is 0 Å². The van der Waals surface area contributed by atoms with Gasteiger partial charge in [-0.1, -0.05) is 65.2 Å². The summed E-state index contributed by atoms with van der Waals surface area (Å²) in [6.45, 7) is 4.35. The Bertz CT molecular complexity index is 259. The Morgan fingerprint density at radius 3 is 0.920 bits per heavy atom. The molecule has 0 unspecified atom stereocenters. The Hall–Kier alpha value is 1.68. The van der Waals surface area contributed by atoms with Crippen molar-refractivity contribution in [2.75, 3.05) is 0 Å². The fraction of sp³-hybridized carbons (Fsp3) is 0.857. The average Bonchev–Trinajstić information content (AvgIpc) is 2.37. The summed E-state index contributed by atoms with van der Waals surface area (Å²) in [6, 6.07) is 0. The Morgan fingerprint density at radius 1 is 0.600 bits per heavy atom. The summed E-state index contributed by atoms with van der Waals surface area (Å²) in [6.07, 6.45) is 13.0. The van der Waals surface area contributed by atoms with E-state index in [-0.39, 0.29) is 19.5 Å². The molecule has 0 rings (SSSR count). The molecule has 6 N–H and O–H groups in total. The van der Waals surface area contributed by atoms with Crippen molar-refractivity contribution in [3.63, 3.8) is 0 Å². The summed E-state index contributed by atoms with van der Waals surface area (Å²) in [5.41, 5.74) is 0. The molecular formula is C14H36O6P2S2Zn. The molecule has 11 heteroatoms. The Balaban J connectivity index is -0.0000000711. The maximum Gasteiger partial charge on any atom is 2.00 e. The molecule has 0 aromatic rings. The van der Waals surface area contributed by atoms with Gasteiger partial charge in [-0.3, -0.25) is 0 Å². The molecule has 25 heavy (non-hydrogen) atoms. The molecule has 0 aliphatic heterocycles. The summed E-state index contributed by atoms with van der Waals surface area (Å²) < 4.78 is 0. The smallest absolute Gasteiger partial charge is 0.343 e. The molecule has 0 saturated heterocycles. The van der Waals surface area contributed by atoms with Gasteiger partial charge in [-0.05, 0) is 23.6 Å². The summed E-state index contributed by atoms with van der Waals surface area (Å²) in [5, 5.41) is 0. The van der Waals surface area contributed by atoms with Crippen LogP contribution in [0.4, 0.5) is 0 Å². The molecule has 0 aromatic carbocycles. The van der Waals surface area contributed by atoms with Crippen LogP contribution in [0.3, 0.4) is 0 Å². The van der Waals surface area contributed by atoms with Crippen LogP contribution in [-0.4, -0.2) is 29.4 Å². The molecule has 0 radical (unpaired) electrons. The van der Waals surface area contributed by atoms with Gasteiger partial charge in [-0.25, -0.2) is 0 Å². The van der Waals surface area contributed by atoms with Crippen LogP contribution >= 0.6 is 13.4 Å². The first-order valence-electron chi connectivity index (χ1n) is 7.98. The van der Waals surface area contributed by atoms with Crippen LogP contribution in [0.2, 0.25) is 0 Å². The van der Waals surface area contributed by atoms with Crippen molar-refractivity contribution >= 4 is 37.1 Å². The molecule has 0 amide bonds. The largest absolute Gasteiger partial charge is 2.00 e. The molecule has 0 aliphatic carbocycles. The summed E-state index contributed by atoms with van der Waals surface area (Å²) in [5.74, 6) is 0. The van der Waals surface area contributed by atoms with Gasteiger partial charge in [0.25, 0.3) is 0 Å². The maximum atomic E-state index is 7.56. The van der Waals surface area contributed by atoms with Crippen LogP contribution in [0.1, 0.15) is 78.1 Å². The van der Waals surface area contributed by atoms with Crippen molar-refractivity contribution in [3.05, 3.63) is 13.8 Å². The predicted molar refractivity (Wildman–Crippen MR) is 110 cm³/mol. The second-order valence-corrected chi connectivity index (χ2v) is 9.85. The maximum absolute atomic E-state index is 7.56. The zero-order valence-electron chi connectivity index (χ0n) is 15.6. The summed E-state index contributed by atoms with van der Waals surface area (Å²) >= 11 is 7.21. The molecule has 0 heterocycles. The molecule has 0 aromatic heterocycles. The molecular weight excluding hydrogens is 456 g/mol. The van der Waals surface area contributed by atoms with E-state index in [9.17, 15) is 0 Å². The molecule has 0 saturated carbocycles. The van der Waals surface area contributed by atoms with Gasteiger partial charge >= 0.3 is 32.9 Å². The first-order chi connectivity index (χ1) is 10.8. The van der Waals surface area contributed by atoms with Crippen molar-refractivity contribution in [2.45, 2.75) is 78.1 Å². The first kappa shape index (κ1) is 37.4. The Kier molecular flexibility index (Phi) is 41.8. The standard InChI is InChI=1S/2C7H15.2H3O3PS.Zn/c2*1-3-5-7-6-4-2;2*1-4(2,3)5;/h2*1,3-7H2,2H3;2*(H3,1,2,3,5);/q2*-1;;;+2. The van der Waals surface area contributed by atoms with Gasteiger partial charge in [0, 0.05) is 0 Å². The second-order valence-electron chi connectivity index (χ2n) is 4.85. The summed E-state index contributed by atoms with van der Waals surface area (Å²) in [7, 11) is 0. The van der Waals surface area contributed by atoms with E-state index in [0.29, 0.717) is 0 Å². The van der Waals surface area contributed by atoms with Gasteiger partial charge < -0.3 is 43.2 Å². The third kappa shape index (κ3) is 154. The van der Waals surface area contributed by atoms with Crippen molar-refractivity contribution in [2.24, 2.45) is 0 Å². The van der Waals surface area contributed by atoms with Gasteiger partial charge in [0.1, 0.15) is 0 Å². The van der Waals surface area contributed by atoms with Gasteiger partial charge in [0.15, 0.2) is 0 Å². The van der Waals surface area contributed by atoms with Gasteiger partial charge in [-0.15, -0.1) is 0 Å². The Labute approximate surface area is 177 Å². The third-order valence-corrected chi connectivity index (χ3v) is 2.21. The van der Waals surface area contributed by atoms with E-state index in [0.717, 1.165) is 12.8 Å². The Morgan fingerprint density at radius 2 is 0.800 bits per heavy atom. The monoisotopic (exact) mass is 490 g/mol.